The second-order valence-electron chi connectivity index (χ2n) is 9.96. The van der Waals surface area contributed by atoms with Gasteiger partial charge in [-0.05, 0) is 0 Å². The molecule has 0 saturated heterocycles. The molecule has 2 heterocycles. The van der Waals surface area contributed by atoms with Crippen LogP contribution in [-0.4, -0.2) is 24.5 Å². The fraction of sp³-hybridized carbons (Fsp3) is 0. The Kier molecular flexibility index (Phi) is 5.15. The third kappa shape index (κ3) is 3.35. The van der Waals surface area contributed by atoms with Crippen LogP contribution < -0.4 is 15.9 Å². The number of hydrogen-bond acceptors (Lipinski definition) is 1. The van der Waals surface area contributed by atoms with Gasteiger partial charge in [0.1, 0.15) is 0 Å². The van der Waals surface area contributed by atoms with Crippen molar-refractivity contribution < 1.29 is 0 Å². The topological polar surface area (TPSA) is 17.3 Å². The Morgan fingerprint density at radius 3 is 1.79 bits per heavy atom. The molecule has 0 N–H and O–H groups in total. The van der Waals surface area contributed by atoms with Gasteiger partial charge in [0, 0.05) is 0 Å². The van der Waals surface area contributed by atoms with Gasteiger partial charge in [-0.2, -0.15) is 0 Å². The Bertz CT molecular complexity index is 2210. The van der Waals surface area contributed by atoms with E-state index in [1.165, 1.54) is 48.4 Å². The fourth-order valence-corrected chi connectivity index (χ4v) is 11.4. The minimum atomic E-state index is -2.12. The second-order valence-corrected chi connectivity index (χ2v) is 16.1. The molecule has 8 rings (SSSR count). The molecule has 0 aliphatic rings. The molecular weight excluding hydrogens is 558 g/mol. The van der Waals surface area contributed by atoms with Crippen molar-refractivity contribution in [1.82, 2.24) is 9.38 Å². The van der Waals surface area contributed by atoms with E-state index in [4.69, 9.17) is 4.98 Å². The van der Waals surface area contributed by atoms with Gasteiger partial charge in [-0.3, -0.25) is 0 Å². The van der Waals surface area contributed by atoms with Crippen molar-refractivity contribution in [2.24, 2.45) is 0 Å². The van der Waals surface area contributed by atoms with E-state index >= 15 is 0 Å². The van der Waals surface area contributed by atoms with Crippen molar-refractivity contribution in [2.75, 3.05) is 0 Å². The zero-order valence-corrected chi connectivity index (χ0v) is 23.6. The summed E-state index contributed by atoms with van der Waals surface area (Å²) in [6, 6.07) is 50.6. The summed E-state index contributed by atoms with van der Waals surface area (Å²) in [5.74, 6) is 0. The summed E-state index contributed by atoms with van der Waals surface area (Å²) in [6.07, 6.45) is 0. The van der Waals surface area contributed by atoms with Gasteiger partial charge in [0.2, 0.25) is 0 Å². The summed E-state index contributed by atoms with van der Waals surface area (Å²) in [7, 11) is 0. The van der Waals surface area contributed by atoms with E-state index in [2.05, 4.69) is 159 Å². The summed E-state index contributed by atoms with van der Waals surface area (Å²) in [6.45, 7) is 0. The van der Waals surface area contributed by atoms with Crippen LogP contribution in [0.5, 0.6) is 0 Å². The Morgan fingerprint density at radius 1 is 0.538 bits per heavy atom. The quantitative estimate of drug-likeness (QED) is 0.0925. The normalized spacial score (nSPS) is 12.2. The molecule has 0 aliphatic heterocycles. The molecule has 0 bridgehead atoms. The zero-order chi connectivity index (χ0) is 26.0. The van der Waals surface area contributed by atoms with Crippen molar-refractivity contribution >= 4 is 85.6 Å². The molecule has 39 heavy (non-hydrogen) atoms. The van der Waals surface area contributed by atoms with Crippen molar-refractivity contribution in [1.29, 1.82) is 0 Å². The van der Waals surface area contributed by atoms with Crippen LogP contribution in [0.2, 0.25) is 0 Å². The van der Waals surface area contributed by atoms with Gasteiger partial charge in [-0.15, -0.1) is 0 Å². The van der Waals surface area contributed by atoms with E-state index in [1.807, 2.05) is 0 Å². The maximum absolute atomic E-state index is 5.17. The maximum atomic E-state index is 5.17. The van der Waals surface area contributed by atoms with Crippen molar-refractivity contribution in [3.8, 4) is 0 Å². The van der Waals surface area contributed by atoms with Crippen molar-refractivity contribution in [3.05, 3.63) is 140 Å². The van der Waals surface area contributed by atoms with Crippen LogP contribution in [0, 0.1) is 0 Å². The van der Waals surface area contributed by atoms with Crippen LogP contribution >= 0.6 is 5.51 Å². The zero-order valence-electron chi connectivity index (χ0n) is 21.0. The van der Waals surface area contributed by atoms with E-state index in [1.54, 1.807) is 0 Å². The first-order valence-electron chi connectivity index (χ1n) is 13.1. The van der Waals surface area contributed by atoms with Crippen LogP contribution in [0.4, 0.5) is 0 Å². The third-order valence-corrected chi connectivity index (χ3v) is 14.8. The number of aromatic nitrogens is 2. The van der Waals surface area contributed by atoms with Crippen LogP contribution in [0.3, 0.4) is 0 Å². The van der Waals surface area contributed by atoms with Crippen LogP contribution in [0.25, 0.3) is 49.1 Å². The van der Waals surface area contributed by atoms with E-state index in [-0.39, 0.29) is 0 Å². The van der Waals surface area contributed by atoms with Gasteiger partial charge in [0.25, 0.3) is 0 Å². The number of imidazole rings is 1. The average molecular weight is 582 g/mol. The summed E-state index contributed by atoms with van der Waals surface area (Å²) in [5, 5.41) is 10.2. The van der Waals surface area contributed by atoms with E-state index in [0.29, 0.717) is 0 Å². The van der Waals surface area contributed by atoms with E-state index < -0.39 is 5.51 Å². The first-order chi connectivity index (χ1) is 19.2. The molecule has 0 aliphatic carbocycles. The average Bonchev–Trinajstić information content (AvgIpc) is 3.41. The molecule has 0 atom stereocenters. The molecule has 2 nitrogen and oxygen atoms in total. The molecule has 0 amide bonds. The number of pyridine rings is 1. The van der Waals surface area contributed by atoms with Crippen molar-refractivity contribution in [2.45, 2.75) is 0 Å². The first kappa shape index (κ1) is 22.9. The molecular formula is C35H23N2PSe. The summed E-state index contributed by atoms with van der Waals surface area (Å²) in [5.41, 5.74) is 2.22. The molecule has 6 aromatic carbocycles. The van der Waals surface area contributed by atoms with Crippen LogP contribution in [0.1, 0.15) is 0 Å². The number of para-hydroxylation sites is 2. The van der Waals surface area contributed by atoms with Gasteiger partial charge >= 0.3 is 235 Å². The monoisotopic (exact) mass is 582 g/mol. The number of rotatable bonds is 3. The fourth-order valence-electron chi connectivity index (χ4n) is 6.04. The van der Waals surface area contributed by atoms with Gasteiger partial charge < -0.3 is 0 Å². The molecule has 2 aromatic heterocycles. The first-order valence-corrected chi connectivity index (χ1v) is 17.1. The van der Waals surface area contributed by atoms with E-state index in [9.17, 15) is 0 Å². The molecule has 0 saturated carbocycles. The van der Waals surface area contributed by atoms with Gasteiger partial charge in [-0.1, -0.05) is 0 Å². The number of benzene rings is 6. The number of nitrogens with zero attached hydrogens (tertiary/aromatic N) is 2. The molecule has 8 aromatic rings. The van der Waals surface area contributed by atoms with Crippen molar-refractivity contribution in [3.63, 3.8) is 0 Å². The van der Waals surface area contributed by atoms with Crippen LogP contribution in [0.15, 0.2) is 140 Å². The third-order valence-electron chi connectivity index (χ3n) is 7.80. The number of fused-ring (bicyclic) bond motifs is 9. The van der Waals surface area contributed by atoms with Gasteiger partial charge in [0.05, 0.1) is 0 Å². The molecule has 0 fully saturated rings. The van der Waals surface area contributed by atoms with E-state index in [0.717, 1.165) is 16.7 Å². The summed E-state index contributed by atoms with van der Waals surface area (Å²) in [4.78, 5) is 5.17. The van der Waals surface area contributed by atoms with Crippen LogP contribution in [-0.2, 0) is 0 Å². The number of hydrogen-bond donors (Lipinski definition) is 0. The predicted molar refractivity (Wildman–Crippen MR) is 170 cm³/mol. The molecule has 4 heteroatoms. The Labute approximate surface area is 233 Å². The Morgan fingerprint density at radius 2 is 1.10 bits per heavy atom. The Hall–Kier alpha value is -4.00. The summed E-state index contributed by atoms with van der Waals surface area (Å²) < 4.78 is 2.37. The molecule has 184 valence electrons. The SMILES string of the molecule is [Se]=P(c1ccccc1)(c1ccccc1)c1cccc2c1c1cc3ccccc3cc1c1nc3ccccc3n21. The second kappa shape index (κ2) is 8.76. The summed E-state index contributed by atoms with van der Waals surface area (Å²) >= 11 is 3.80. The van der Waals surface area contributed by atoms with Gasteiger partial charge in [-0.25, -0.2) is 0 Å². The van der Waals surface area contributed by atoms with Gasteiger partial charge in [0.15, 0.2) is 0 Å². The molecule has 0 radical (unpaired) electrons. The molecule has 0 unspecified atom stereocenters. The standard InChI is InChI=1S/C35H23N2PSe/c39-38(26-14-3-1-4-15-26,27-16-5-2-6-17-27)33-21-11-20-32-34(33)28-22-24-12-7-8-13-25(24)23-29(28)35-36-30-18-9-10-19-31(30)37(32)35/h1-23H. The molecule has 0 spiro atoms. The minimum absolute atomic E-state index is 1.00. The predicted octanol–water partition coefficient (Wildman–Crippen LogP) is 7.32. The Balaban J connectivity index is 1.65.